The Morgan fingerprint density at radius 3 is 2.07 bits per heavy atom. The molecule has 1 aliphatic carbocycles. The summed E-state index contributed by atoms with van der Waals surface area (Å²) in [5.41, 5.74) is 1.32. The van der Waals surface area contributed by atoms with Gasteiger partial charge >= 0.3 is 0 Å². The zero-order valence-corrected chi connectivity index (χ0v) is 8.21. The summed E-state index contributed by atoms with van der Waals surface area (Å²) in [6, 6.07) is 7.02. The van der Waals surface area contributed by atoms with E-state index in [1.54, 1.807) is 12.1 Å². The van der Waals surface area contributed by atoms with E-state index >= 15 is 0 Å². The van der Waals surface area contributed by atoms with Crippen LogP contribution in [0.25, 0.3) is 0 Å². The van der Waals surface area contributed by atoms with Crippen molar-refractivity contribution in [3.63, 3.8) is 0 Å². The van der Waals surface area contributed by atoms with Gasteiger partial charge in [0.05, 0.1) is 0 Å². The summed E-state index contributed by atoms with van der Waals surface area (Å²) in [5.74, 6) is 0.564. The predicted octanol–water partition coefficient (Wildman–Crippen LogP) is 4.03. The van der Waals surface area contributed by atoms with E-state index in [9.17, 15) is 4.39 Å². The van der Waals surface area contributed by atoms with Crippen LogP contribution in [0.5, 0.6) is 0 Å². The average molecular weight is 198 g/mol. The van der Waals surface area contributed by atoms with Gasteiger partial charge in [0.15, 0.2) is 0 Å². The molecule has 2 heteroatoms. The van der Waals surface area contributed by atoms with Crippen molar-refractivity contribution in [2.45, 2.75) is 38.0 Å². The number of hydrogen-bond donors (Lipinski definition) is 0. The van der Waals surface area contributed by atoms with E-state index in [1.807, 2.05) is 12.1 Å². The van der Waals surface area contributed by atoms with Gasteiger partial charge in [-0.3, -0.25) is 4.70 Å². The van der Waals surface area contributed by atoms with Crippen LogP contribution >= 0.6 is 0 Å². The first-order valence-corrected chi connectivity index (χ1v) is 5.12. The third-order valence-electron chi connectivity index (χ3n) is 2.95. The van der Waals surface area contributed by atoms with E-state index in [2.05, 4.69) is 0 Å². The molecule has 1 fully saturated rings. The zero-order valence-electron chi connectivity index (χ0n) is 8.21. The fourth-order valence-corrected chi connectivity index (χ4v) is 2.17. The van der Waals surface area contributed by atoms with E-state index in [0.717, 1.165) is 0 Å². The van der Waals surface area contributed by atoms with E-state index in [-0.39, 0.29) is 10.5 Å². The van der Waals surface area contributed by atoms with Gasteiger partial charge in [-0.15, -0.1) is 0 Å². The Morgan fingerprint density at radius 2 is 1.50 bits per heavy atom. The summed E-state index contributed by atoms with van der Waals surface area (Å²) >= 11 is 0. The molecule has 1 aromatic carbocycles. The van der Waals surface area contributed by atoms with Crippen molar-refractivity contribution in [3.05, 3.63) is 35.6 Å². The fourth-order valence-electron chi connectivity index (χ4n) is 2.17. The predicted molar refractivity (Wildman–Crippen MR) is 54.7 cm³/mol. The Morgan fingerprint density at radius 1 is 0.929 bits per heavy atom. The highest BCUT2D eigenvalue weighted by molar-refractivity contribution is 5.20. The average Bonchev–Trinajstić information content (AvgIpc) is 2.20. The molecule has 1 aliphatic rings. The lowest BCUT2D eigenvalue weighted by Crippen LogP contribution is -2.04. The topological polar surface area (TPSA) is 0 Å². The number of halogens is 2. The first-order chi connectivity index (χ1) is 6.36. The lowest BCUT2D eigenvalue weighted by atomic mass is 9.84. The normalized spacial score (nSPS) is 17.5. The minimum absolute atomic E-state index is 0. The van der Waals surface area contributed by atoms with Gasteiger partial charge in [0.2, 0.25) is 0 Å². The molecule has 0 bridgehead atoms. The Labute approximate surface area is 83.5 Å². The maximum atomic E-state index is 12.7. The van der Waals surface area contributed by atoms with Crippen LogP contribution in [0, 0.1) is 5.82 Å². The molecule has 0 atom stereocenters. The molecule has 2 rings (SSSR count). The van der Waals surface area contributed by atoms with Crippen LogP contribution in [0.4, 0.5) is 9.09 Å². The quantitative estimate of drug-likeness (QED) is 0.639. The second kappa shape index (κ2) is 5.08. The van der Waals surface area contributed by atoms with Gasteiger partial charge < -0.3 is 0 Å². The number of benzene rings is 1. The molecule has 0 N–H and O–H groups in total. The molecule has 0 spiro atoms. The van der Waals surface area contributed by atoms with Crippen LogP contribution in [-0.4, -0.2) is 0 Å². The molecule has 0 aromatic heterocycles. The fraction of sp³-hybridized carbons (Fsp3) is 0.500. The maximum Gasteiger partial charge on any atom is 0.123 e. The molecule has 1 aromatic rings. The second-order valence-corrected chi connectivity index (χ2v) is 3.89. The number of rotatable bonds is 1. The molecule has 14 heavy (non-hydrogen) atoms. The van der Waals surface area contributed by atoms with Crippen LogP contribution < -0.4 is 0 Å². The minimum Gasteiger partial charge on any atom is -0.269 e. The standard InChI is InChI=1S/C12H15F.FH/c13-12-8-6-11(7-9-12)10-4-2-1-3-5-10;/h6-10H,1-5H2;1H. The highest BCUT2D eigenvalue weighted by atomic mass is 19.1. The third kappa shape index (κ3) is 2.53. The lowest BCUT2D eigenvalue weighted by Gasteiger charge is -2.21. The largest absolute Gasteiger partial charge is 0.269 e. The van der Waals surface area contributed by atoms with Gasteiger partial charge in [-0.2, -0.15) is 0 Å². The first kappa shape index (κ1) is 11.2. The van der Waals surface area contributed by atoms with Gasteiger partial charge in [-0.1, -0.05) is 31.4 Å². The Balaban J connectivity index is 0.000000980. The van der Waals surface area contributed by atoms with Crippen LogP contribution in [0.15, 0.2) is 24.3 Å². The molecule has 0 radical (unpaired) electrons. The van der Waals surface area contributed by atoms with Crippen LogP contribution in [-0.2, 0) is 0 Å². The number of hydrogen-bond acceptors (Lipinski definition) is 0. The van der Waals surface area contributed by atoms with Gasteiger partial charge in [-0.25, -0.2) is 4.39 Å². The highest BCUT2D eigenvalue weighted by Crippen LogP contribution is 2.32. The van der Waals surface area contributed by atoms with Crippen molar-refractivity contribution in [2.24, 2.45) is 0 Å². The van der Waals surface area contributed by atoms with Gasteiger partial charge in [0.25, 0.3) is 0 Å². The van der Waals surface area contributed by atoms with Crippen molar-refractivity contribution in [1.82, 2.24) is 0 Å². The third-order valence-corrected chi connectivity index (χ3v) is 2.95. The minimum atomic E-state index is -0.125. The summed E-state index contributed by atoms with van der Waals surface area (Å²) < 4.78 is 12.7. The maximum absolute atomic E-state index is 12.7. The first-order valence-electron chi connectivity index (χ1n) is 5.12. The molecular formula is C12H16F2. The monoisotopic (exact) mass is 198 g/mol. The Hall–Kier alpha value is -0.920. The van der Waals surface area contributed by atoms with E-state index < -0.39 is 0 Å². The summed E-state index contributed by atoms with van der Waals surface area (Å²) in [4.78, 5) is 0. The van der Waals surface area contributed by atoms with Gasteiger partial charge in [0.1, 0.15) is 5.82 Å². The van der Waals surface area contributed by atoms with Crippen molar-refractivity contribution >= 4 is 0 Å². The van der Waals surface area contributed by atoms with Crippen molar-refractivity contribution in [1.29, 1.82) is 0 Å². The highest BCUT2D eigenvalue weighted by Gasteiger charge is 2.14. The van der Waals surface area contributed by atoms with E-state index in [4.69, 9.17) is 0 Å². The van der Waals surface area contributed by atoms with Crippen LogP contribution in [0.3, 0.4) is 0 Å². The smallest absolute Gasteiger partial charge is 0.123 e. The van der Waals surface area contributed by atoms with Crippen molar-refractivity contribution in [2.75, 3.05) is 0 Å². The summed E-state index contributed by atoms with van der Waals surface area (Å²) in [5, 5.41) is 0. The second-order valence-electron chi connectivity index (χ2n) is 3.89. The molecular weight excluding hydrogens is 182 g/mol. The molecule has 0 aliphatic heterocycles. The van der Waals surface area contributed by atoms with Crippen molar-refractivity contribution in [3.8, 4) is 0 Å². The molecule has 1 saturated carbocycles. The van der Waals surface area contributed by atoms with Gasteiger partial charge in [0, 0.05) is 0 Å². The summed E-state index contributed by atoms with van der Waals surface area (Å²) in [6.45, 7) is 0. The molecule has 0 unspecified atom stereocenters. The van der Waals surface area contributed by atoms with Gasteiger partial charge in [-0.05, 0) is 36.5 Å². The summed E-state index contributed by atoms with van der Waals surface area (Å²) in [6.07, 6.45) is 6.61. The summed E-state index contributed by atoms with van der Waals surface area (Å²) in [7, 11) is 0. The Kier molecular flexibility index (Phi) is 4.05. The lowest BCUT2D eigenvalue weighted by molar-refractivity contribution is 0.443. The Bertz CT molecular complexity index is 260. The van der Waals surface area contributed by atoms with Crippen LogP contribution in [0.1, 0.15) is 43.6 Å². The van der Waals surface area contributed by atoms with Crippen molar-refractivity contribution < 1.29 is 9.09 Å². The molecule has 0 heterocycles. The van der Waals surface area contributed by atoms with E-state index in [0.29, 0.717) is 5.92 Å². The molecule has 0 saturated heterocycles. The zero-order chi connectivity index (χ0) is 9.10. The molecule has 0 amide bonds. The molecule has 0 nitrogen and oxygen atoms in total. The molecule has 78 valence electrons. The van der Waals surface area contributed by atoms with Crippen LogP contribution in [0.2, 0.25) is 0 Å². The SMILES string of the molecule is F.Fc1ccc(C2CCCCC2)cc1. The van der Waals surface area contributed by atoms with E-state index in [1.165, 1.54) is 37.7 Å².